The van der Waals surface area contributed by atoms with Gasteiger partial charge in [-0.1, -0.05) is 12.1 Å². The van der Waals surface area contributed by atoms with Gasteiger partial charge in [-0.15, -0.1) is 0 Å². The first-order valence-corrected chi connectivity index (χ1v) is 7.05. The first-order chi connectivity index (χ1) is 10.1. The largest absolute Gasteiger partial charge is 0.465 e. The summed E-state index contributed by atoms with van der Waals surface area (Å²) in [5.41, 5.74) is 0.677. The second-order valence-corrected chi connectivity index (χ2v) is 4.98. The number of carbonyl (C=O) groups is 1. The van der Waals surface area contributed by atoms with Crippen LogP contribution >= 0.6 is 0 Å². The van der Waals surface area contributed by atoms with Gasteiger partial charge in [-0.25, -0.2) is 4.79 Å². The molecule has 2 rings (SSSR count). The Balaban J connectivity index is 2.04. The average molecular weight is 299 g/mol. The lowest BCUT2D eigenvalue weighted by Crippen LogP contribution is -2.31. The molecule has 21 heavy (non-hydrogen) atoms. The van der Waals surface area contributed by atoms with Crippen LogP contribution in [0.5, 0.6) is 5.75 Å². The van der Waals surface area contributed by atoms with E-state index < -0.39 is 12.7 Å². The van der Waals surface area contributed by atoms with Crippen LogP contribution in [-0.4, -0.2) is 25.7 Å². The van der Waals surface area contributed by atoms with Crippen molar-refractivity contribution in [3.05, 3.63) is 29.8 Å². The third kappa shape index (κ3) is 4.97. The van der Waals surface area contributed by atoms with Gasteiger partial charge in [0.25, 0.3) is 0 Å². The summed E-state index contributed by atoms with van der Waals surface area (Å²) < 4.78 is 33.6. The monoisotopic (exact) mass is 299 g/mol. The van der Waals surface area contributed by atoms with E-state index in [2.05, 4.69) is 10.1 Å². The van der Waals surface area contributed by atoms with Gasteiger partial charge in [0.05, 0.1) is 6.61 Å². The lowest BCUT2D eigenvalue weighted by atomic mass is 10.1. The smallest absolute Gasteiger partial charge is 0.387 e. The van der Waals surface area contributed by atoms with E-state index in [1.54, 1.807) is 19.1 Å². The Labute approximate surface area is 122 Å². The summed E-state index contributed by atoms with van der Waals surface area (Å²) in [6.07, 6.45) is 2.34. The second-order valence-electron chi connectivity index (χ2n) is 4.98. The number of halogens is 2. The molecule has 0 aromatic heterocycles. The van der Waals surface area contributed by atoms with Gasteiger partial charge in [0.1, 0.15) is 11.8 Å². The molecule has 1 unspecified atom stereocenters. The molecular formula is C15H19F2NO3. The molecule has 0 saturated heterocycles. The standard InChI is InChI=1S/C15H19F2NO3/c1-2-20-14(19)13(18-9-10-3-4-10)11-5-7-12(8-6-11)21-15(16)17/h5-8,10,13,15,18H,2-4,9H2,1H3. The summed E-state index contributed by atoms with van der Waals surface area (Å²) in [6.45, 7) is -0.0639. The van der Waals surface area contributed by atoms with Gasteiger partial charge in [-0.05, 0) is 49.9 Å². The van der Waals surface area contributed by atoms with Crippen molar-refractivity contribution in [3.63, 3.8) is 0 Å². The highest BCUT2D eigenvalue weighted by atomic mass is 19.3. The molecule has 4 nitrogen and oxygen atoms in total. The van der Waals surface area contributed by atoms with Gasteiger partial charge >= 0.3 is 12.6 Å². The third-order valence-electron chi connectivity index (χ3n) is 3.27. The lowest BCUT2D eigenvalue weighted by Gasteiger charge is -2.18. The van der Waals surface area contributed by atoms with Crippen LogP contribution in [-0.2, 0) is 9.53 Å². The van der Waals surface area contributed by atoms with Gasteiger partial charge in [0, 0.05) is 0 Å². The highest BCUT2D eigenvalue weighted by Crippen LogP contribution is 2.29. The molecule has 1 saturated carbocycles. The highest BCUT2D eigenvalue weighted by molar-refractivity contribution is 5.77. The van der Waals surface area contributed by atoms with Crippen LogP contribution in [0.15, 0.2) is 24.3 Å². The molecule has 1 fully saturated rings. The van der Waals surface area contributed by atoms with Crippen molar-refractivity contribution in [2.45, 2.75) is 32.4 Å². The van der Waals surface area contributed by atoms with Crippen LogP contribution < -0.4 is 10.1 Å². The Bertz CT molecular complexity index is 460. The summed E-state index contributed by atoms with van der Waals surface area (Å²) in [7, 11) is 0. The number of benzene rings is 1. The number of alkyl halides is 2. The Morgan fingerprint density at radius 3 is 2.52 bits per heavy atom. The van der Waals surface area contributed by atoms with E-state index in [1.165, 1.54) is 25.0 Å². The molecule has 1 atom stereocenters. The molecule has 116 valence electrons. The Morgan fingerprint density at radius 1 is 1.33 bits per heavy atom. The van der Waals surface area contributed by atoms with E-state index in [0.717, 1.165) is 6.54 Å². The molecule has 0 bridgehead atoms. The molecule has 0 amide bonds. The van der Waals surface area contributed by atoms with E-state index in [4.69, 9.17) is 4.74 Å². The van der Waals surface area contributed by atoms with Crippen molar-refractivity contribution < 1.29 is 23.0 Å². The number of nitrogens with one attached hydrogen (secondary N) is 1. The zero-order chi connectivity index (χ0) is 15.2. The Morgan fingerprint density at radius 2 is 2.00 bits per heavy atom. The number of hydrogen-bond donors (Lipinski definition) is 1. The summed E-state index contributed by atoms with van der Waals surface area (Å²) in [5, 5.41) is 3.18. The van der Waals surface area contributed by atoms with Crippen molar-refractivity contribution in [1.82, 2.24) is 5.32 Å². The minimum Gasteiger partial charge on any atom is -0.465 e. The van der Waals surface area contributed by atoms with Crippen molar-refractivity contribution in [2.75, 3.05) is 13.2 Å². The van der Waals surface area contributed by atoms with Gasteiger partial charge in [-0.3, -0.25) is 0 Å². The molecule has 1 aromatic rings. The number of hydrogen-bond acceptors (Lipinski definition) is 4. The normalized spacial score (nSPS) is 15.8. The van der Waals surface area contributed by atoms with E-state index in [-0.39, 0.29) is 11.7 Å². The quantitative estimate of drug-likeness (QED) is 0.750. The lowest BCUT2D eigenvalue weighted by molar-refractivity contribution is -0.145. The van der Waals surface area contributed by atoms with Crippen LogP contribution in [0.2, 0.25) is 0 Å². The predicted octanol–water partition coefficient (Wildman–Crippen LogP) is 2.89. The molecule has 1 aromatic carbocycles. The van der Waals surface area contributed by atoms with Crippen LogP contribution in [0.1, 0.15) is 31.4 Å². The van der Waals surface area contributed by atoms with Gasteiger partial charge in [-0.2, -0.15) is 8.78 Å². The molecule has 0 radical (unpaired) electrons. The minimum atomic E-state index is -2.86. The maximum absolute atomic E-state index is 12.1. The summed E-state index contributed by atoms with van der Waals surface area (Å²) in [6, 6.07) is 5.46. The van der Waals surface area contributed by atoms with Gasteiger partial charge in [0.2, 0.25) is 0 Å². The van der Waals surface area contributed by atoms with Crippen molar-refractivity contribution in [3.8, 4) is 5.75 Å². The topological polar surface area (TPSA) is 47.6 Å². The summed E-state index contributed by atoms with van der Waals surface area (Å²) >= 11 is 0. The first-order valence-electron chi connectivity index (χ1n) is 7.05. The molecule has 0 aliphatic heterocycles. The molecule has 6 heteroatoms. The van der Waals surface area contributed by atoms with Gasteiger partial charge in [0.15, 0.2) is 0 Å². The van der Waals surface area contributed by atoms with E-state index in [1.807, 2.05) is 0 Å². The molecule has 1 aliphatic carbocycles. The SMILES string of the molecule is CCOC(=O)C(NCC1CC1)c1ccc(OC(F)F)cc1. The fraction of sp³-hybridized carbons (Fsp3) is 0.533. The summed E-state index contributed by atoms with van der Waals surface area (Å²) in [5.74, 6) is 0.322. The average Bonchev–Trinajstić information content (AvgIpc) is 3.24. The third-order valence-corrected chi connectivity index (χ3v) is 3.27. The first kappa shape index (κ1) is 15.7. The number of carbonyl (C=O) groups excluding carboxylic acids is 1. The van der Waals surface area contributed by atoms with Crippen molar-refractivity contribution >= 4 is 5.97 Å². The van der Waals surface area contributed by atoms with Crippen LogP contribution in [0.3, 0.4) is 0 Å². The Kier molecular flexibility index (Phi) is 5.50. The predicted molar refractivity (Wildman–Crippen MR) is 73.2 cm³/mol. The van der Waals surface area contributed by atoms with E-state index >= 15 is 0 Å². The number of ether oxygens (including phenoxy) is 2. The maximum Gasteiger partial charge on any atom is 0.387 e. The molecule has 1 aliphatic rings. The Hall–Kier alpha value is -1.69. The van der Waals surface area contributed by atoms with Crippen molar-refractivity contribution in [2.24, 2.45) is 5.92 Å². The fourth-order valence-corrected chi connectivity index (χ4v) is 2.01. The highest BCUT2D eigenvalue weighted by Gasteiger charge is 2.26. The van der Waals surface area contributed by atoms with E-state index in [0.29, 0.717) is 18.1 Å². The van der Waals surface area contributed by atoms with Gasteiger partial charge < -0.3 is 14.8 Å². The molecule has 0 spiro atoms. The van der Waals surface area contributed by atoms with E-state index in [9.17, 15) is 13.6 Å². The molecule has 1 N–H and O–H groups in total. The van der Waals surface area contributed by atoms with Crippen LogP contribution in [0.25, 0.3) is 0 Å². The van der Waals surface area contributed by atoms with Crippen molar-refractivity contribution in [1.29, 1.82) is 0 Å². The molecular weight excluding hydrogens is 280 g/mol. The van der Waals surface area contributed by atoms with Crippen LogP contribution in [0, 0.1) is 5.92 Å². The number of rotatable bonds is 8. The van der Waals surface area contributed by atoms with Crippen LogP contribution in [0.4, 0.5) is 8.78 Å². The molecule has 0 heterocycles. The summed E-state index contributed by atoms with van der Waals surface area (Å²) in [4.78, 5) is 12.0. The second kappa shape index (κ2) is 7.36. The number of esters is 1. The zero-order valence-electron chi connectivity index (χ0n) is 11.9. The fourth-order valence-electron chi connectivity index (χ4n) is 2.01. The minimum absolute atomic E-state index is 0.0681. The maximum atomic E-state index is 12.1. The zero-order valence-corrected chi connectivity index (χ0v) is 11.9.